The van der Waals surface area contributed by atoms with Gasteiger partial charge in [-0.3, -0.25) is 9.97 Å². The number of aromatic nitrogens is 3. The van der Waals surface area contributed by atoms with Gasteiger partial charge in [0.15, 0.2) is 0 Å². The van der Waals surface area contributed by atoms with E-state index in [0.29, 0.717) is 0 Å². The SMILES string of the molecule is C1=CC(C2(c3ccccc3)c3ccccc3-c3cc4c(-c5cccc(-c6ccc7c8ccc(-c9cc%10cccnc%10c%10ncccc9%10)cc8c8ccccc8c7c6)c5)nc5ccccc5c4cc32)=CCC1. The van der Waals surface area contributed by atoms with Gasteiger partial charge in [0.2, 0.25) is 0 Å². The number of allylic oxidation sites excluding steroid dienone is 4. The monoisotopic (exact) mass is 901 g/mol. The normalized spacial score (nSPS) is 15.3. The predicted molar refractivity (Wildman–Crippen MR) is 297 cm³/mol. The van der Waals surface area contributed by atoms with Crippen molar-refractivity contribution in [3.63, 3.8) is 0 Å². The van der Waals surface area contributed by atoms with Crippen molar-refractivity contribution >= 4 is 75.8 Å². The Morgan fingerprint density at radius 3 is 1.86 bits per heavy atom. The molecule has 3 heterocycles. The summed E-state index contributed by atoms with van der Waals surface area (Å²) in [6, 6.07) is 76.3. The zero-order chi connectivity index (χ0) is 46.6. The van der Waals surface area contributed by atoms with E-state index in [1.54, 1.807) is 0 Å². The number of para-hydroxylation sites is 1. The lowest BCUT2D eigenvalue weighted by molar-refractivity contribution is 0.752. The van der Waals surface area contributed by atoms with Crippen molar-refractivity contribution in [1.29, 1.82) is 0 Å². The minimum absolute atomic E-state index is 0.446. The highest BCUT2D eigenvalue weighted by Crippen LogP contribution is 2.58. The Bertz CT molecular complexity index is 4450. The van der Waals surface area contributed by atoms with Crippen molar-refractivity contribution < 1.29 is 0 Å². The maximum atomic E-state index is 5.53. The lowest BCUT2D eigenvalue weighted by Crippen LogP contribution is -2.29. The molecule has 0 radical (unpaired) electrons. The minimum Gasteiger partial charge on any atom is -0.254 e. The number of pyridine rings is 3. The standard InChI is InChI=1S/C68H43N3/c1-3-19-47(20-4-1)68(48-21-5-2-6-22-48)62-28-11-9-25-53(62)60-40-61-59(41-63(60)68)54-26-10-12-29-64(54)71-65(61)45-17-13-16-42(36-45)43-30-32-51-52-33-31-44(38-58(52)50-24-8-7-23-49(50)57(51)37-43)56-39-46-18-14-34-69-66(46)67-55(56)27-15-35-70-67/h1,3-5,7-41H,2,6H2. The Balaban J connectivity index is 0.903. The fraction of sp³-hybridized carbons (Fsp3) is 0.0441. The molecule has 0 bridgehead atoms. The Morgan fingerprint density at radius 1 is 0.366 bits per heavy atom. The first-order valence-electron chi connectivity index (χ1n) is 24.7. The predicted octanol–water partition coefficient (Wildman–Crippen LogP) is 17.5. The molecule has 0 fully saturated rings. The van der Waals surface area contributed by atoms with E-state index in [-0.39, 0.29) is 0 Å². The summed E-state index contributed by atoms with van der Waals surface area (Å²) in [6.07, 6.45) is 13.0. The first kappa shape index (κ1) is 39.9. The fourth-order valence-electron chi connectivity index (χ4n) is 12.5. The number of benzene rings is 10. The van der Waals surface area contributed by atoms with Gasteiger partial charge in [-0.25, -0.2) is 4.98 Å². The molecule has 330 valence electrons. The zero-order valence-electron chi connectivity index (χ0n) is 38.8. The molecule has 0 amide bonds. The highest BCUT2D eigenvalue weighted by atomic mass is 14.7. The van der Waals surface area contributed by atoms with Crippen LogP contribution < -0.4 is 0 Å². The van der Waals surface area contributed by atoms with Gasteiger partial charge in [-0.15, -0.1) is 0 Å². The van der Waals surface area contributed by atoms with E-state index in [9.17, 15) is 0 Å². The van der Waals surface area contributed by atoms with E-state index < -0.39 is 5.41 Å². The number of hydrogen-bond acceptors (Lipinski definition) is 3. The molecule has 15 rings (SSSR count). The van der Waals surface area contributed by atoms with Crippen LogP contribution in [0, 0.1) is 0 Å². The van der Waals surface area contributed by atoms with Crippen molar-refractivity contribution in [2.24, 2.45) is 0 Å². The molecule has 0 aliphatic heterocycles. The van der Waals surface area contributed by atoms with E-state index in [0.717, 1.165) is 78.9 Å². The van der Waals surface area contributed by atoms with Gasteiger partial charge in [0.05, 0.1) is 27.7 Å². The molecule has 1 unspecified atom stereocenters. The summed E-state index contributed by atoms with van der Waals surface area (Å²) in [6.45, 7) is 0. The van der Waals surface area contributed by atoms with Crippen LogP contribution in [0.5, 0.6) is 0 Å². The van der Waals surface area contributed by atoms with Crippen molar-refractivity contribution in [1.82, 2.24) is 15.0 Å². The lowest BCUT2D eigenvalue weighted by atomic mass is 9.66. The van der Waals surface area contributed by atoms with Gasteiger partial charge in [-0.2, -0.15) is 0 Å². The van der Waals surface area contributed by atoms with Gasteiger partial charge in [0.25, 0.3) is 0 Å². The molecule has 0 saturated carbocycles. The molecule has 1 atom stereocenters. The summed E-state index contributed by atoms with van der Waals surface area (Å²) >= 11 is 0. The van der Waals surface area contributed by atoms with Gasteiger partial charge in [-0.05, 0) is 161 Å². The van der Waals surface area contributed by atoms with Crippen molar-refractivity contribution in [3.05, 3.63) is 259 Å². The number of hydrogen-bond donors (Lipinski definition) is 0. The quantitative estimate of drug-likeness (QED) is 0.162. The van der Waals surface area contributed by atoms with Crippen LogP contribution in [-0.4, -0.2) is 15.0 Å². The Labute approximate surface area is 410 Å². The molecule has 71 heavy (non-hydrogen) atoms. The summed E-state index contributed by atoms with van der Waals surface area (Å²) in [7, 11) is 0. The van der Waals surface area contributed by atoms with Crippen LogP contribution >= 0.6 is 0 Å². The van der Waals surface area contributed by atoms with Crippen LogP contribution in [0.3, 0.4) is 0 Å². The second kappa shape index (κ2) is 15.5. The molecule has 0 N–H and O–H groups in total. The van der Waals surface area contributed by atoms with E-state index in [1.165, 1.54) is 76.7 Å². The second-order valence-electron chi connectivity index (χ2n) is 19.3. The van der Waals surface area contributed by atoms with Crippen LogP contribution in [0.15, 0.2) is 242 Å². The van der Waals surface area contributed by atoms with Gasteiger partial charge in [0, 0.05) is 39.5 Å². The van der Waals surface area contributed by atoms with E-state index >= 15 is 0 Å². The molecular weight excluding hydrogens is 859 g/mol. The maximum Gasteiger partial charge on any atom is 0.0970 e. The van der Waals surface area contributed by atoms with Gasteiger partial charge in [-0.1, -0.05) is 170 Å². The first-order chi connectivity index (χ1) is 35.2. The molecule has 0 spiro atoms. The van der Waals surface area contributed by atoms with Crippen LogP contribution in [-0.2, 0) is 5.41 Å². The van der Waals surface area contributed by atoms with E-state index in [4.69, 9.17) is 15.0 Å². The van der Waals surface area contributed by atoms with Crippen molar-refractivity contribution in [2.75, 3.05) is 0 Å². The lowest BCUT2D eigenvalue weighted by Gasteiger charge is -2.35. The van der Waals surface area contributed by atoms with Crippen molar-refractivity contribution in [2.45, 2.75) is 18.3 Å². The molecular formula is C68H43N3. The highest BCUT2D eigenvalue weighted by Gasteiger charge is 2.47. The minimum atomic E-state index is -0.446. The summed E-state index contributed by atoms with van der Waals surface area (Å²) in [5, 5.41) is 13.2. The summed E-state index contributed by atoms with van der Waals surface area (Å²) in [5.41, 5.74) is 17.0. The fourth-order valence-corrected chi connectivity index (χ4v) is 12.5. The number of nitrogens with zero attached hydrogens (tertiary/aromatic N) is 3. The molecule has 2 aliphatic carbocycles. The van der Waals surface area contributed by atoms with Crippen molar-refractivity contribution in [3.8, 4) is 44.6 Å². The number of fused-ring (bicyclic) bond motifs is 15. The summed E-state index contributed by atoms with van der Waals surface area (Å²) in [4.78, 5) is 15.1. The largest absolute Gasteiger partial charge is 0.254 e. The average Bonchev–Trinajstić information content (AvgIpc) is 3.74. The molecule has 3 aromatic heterocycles. The van der Waals surface area contributed by atoms with Crippen LogP contribution in [0.25, 0.3) is 120 Å². The van der Waals surface area contributed by atoms with Gasteiger partial charge >= 0.3 is 0 Å². The van der Waals surface area contributed by atoms with Crippen LogP contribution in [0.1, 0.15) is 29.5 Å². The third kappa shape index (κ3) is 5.87. The topological polar surface area (TPSA) is 38.7 Å². The molecule has 3 nitrogen and oxygen atoms in total. The van der Waals surface area contributed by atoms with Gasteiger partial charge < -0.3 is 0 Å². The van der Waals surface area contributed by atoms with Crippen LogP contribution in [0.2, 0.25) is 0 Å². The second-order valence-corrected chi connectivity index (χ2v) is 19.3. The third-order valence-corrected chi connectivity index (χ3v) is 15.6. The van der Waals surface area contributed by atoms with E-state index in [1.807, 2.05) is 24.5 Å². The Hall–Kier alpha value is -9.05. The average molecular weight is 902 g/mol. The Morgan fingerprint density at radius 2 is 1.03 bits per heavy atom. The third-order valence-electron chi connectivity index (χ3n) is 15.6. The molecule has 3 heteroatoms. The number of rotatable bonds is 5. The molecule has 10 aromatic carbocycles. The maximum absolute atomic E-state index is 5.53. The van der Waals surface area contributed by atoms with Crippen LogP contribution in [0.4, 0.5) is 0 Å². The smallest absolute Gasteiger partial charge is 0.0970 e. The summed E-state index contributed by atoms with van der Waals surface area (Å²) < 4.78 is 0. The molecule has 0 saturated heterocycles. The Kier molecular flexibility index (Phi) is 8.70. The van der Waals surface area contributed by atoms with E-state index in [2.05, 4.69) is 212 Å². The molecule has 13 aromatic rings. The first-order valence-corrected chi connectivity index (χ1v) is 24.7. The highest BCUT2D eigenvalue weighted by molar-refractivity contribution is 6.26. The summed E-state index contributed by atoms with van der Waals surface area (Å²) in [5.74, 6) is 0. The van der Waals surface area contributed by atoms with Gasteiger partial charge in [0.1, 0.15) is 0 Å². The zero-order valence-corrected chi connectivity index (χ0v) is 38.8. The molecule has 2 aliphatic rings.